The van der Waals surface area contributed by atoms with Gasteiger partial charge in [-0.2, -0.15) is 4.31 Å². The van der Waals surface area contributed by atoms with Gasteiger partial charge in [-0.25, -0.2) is 8.42 Å². The Labute approximate surface area is 154 Å². The van der Waals surface area contributed by atoms with Crippen LogP contribution in [0.5, 0.6) is 5.75 Å². The molecule has 0 atom stereocenters. The van der Waals surface area contributed by atoms with Gasteiger partial charge in [-0.15, -0.1) is 12.4 Å². The van der Waals surface area contributed by atoms with Gasteiger partial charge in [0.05, 0.1) is 17.9 Å². The molecule has 1 N–H and O–H groups in total. The van der Waals surface area contributed by atoms with Crippen molar-refractivity contribution in [3.63, 3.8) is 0 Å². The first kappa shape index (κ1) is 20.0. The molecule has 25 heavy (non-hydrogen) atoms. The number of ether oxygens (including phenoxy) is 1. The highest BCUT2D eigenvalue weighted by Crippen LogP contribution is 2.21. The van der Waals surface area contributed by atoms with Gasteiger partial charge in [0.2, 0.25) is 15.9 Å². The van der Waals surface area contributed by atoms with Gasteiger partial charge in [-0.1, -0.05) is 0 Å². The third-order valence-electron chi connectivity index (χ3n) is 4.59. The quantitative estimate of drug-likeness (QED) is 0.814. The highest BCUT2D eigenvalue weighted by Gasteiger charge is 2.32. The van der Waals surface area contributed by atoms with Crippen molar-refractivity contribution >= 4 is 28.3 Å². The van der Waals surface area contributed by atoms with E-state index in [1.165, 1.54) is 4.31 Å². The van der Waals surface area contributed by atoms with Crippen molar-refractivity contribution in [3.05, 3.63) is 24.3 Å². The molecule has 0 bridgehead atoms. The Kier molecular flexibility index (Phi) is 6.67. The average molecular weight is 390 g/mol. The molecule has 3 rings (SSSR count). The number of amides is 1. The molecular weight excluding hydrogens is 366 g/mol. The first-order valence-corrected chi connectivity index (χ1v) is 9.60. The fourth-order valence-electron chi connectivity index (χ4n) is 2.97. The Balaban J connectivity index is 0.00000225. The number of methoxy groups -OCH3 is 1. The maximum absolute atomic E-state index is 12.8. The number of nitrogens with one attached hydrogen (secondary N) is 1. The van der Waals surface area contributed by atoms with Gasteiger partial charge in [0.1, 0.15) is 5.75 Å². The van der Waals surface area contributed by atoms with Crippen molar-refractivity contribution < 1.29 is 17.9 Å². The number of carbonyl (C=O) groups excluding carboxylic acids is 1. The van der Waals surface area contributed by atoms with Crippen molar-refractivity contribution in [2.75, 3.05) is 46.4 Å². The summed E-state index contributed by atoms with van der Waals surface area (Å²) in [6.45, 7) is 3.28. The summed E-state index contributed by atoms with van der Waals surface area (Å²) >= 11 is 0. The number of halogens is 1. The Morgan fingerprint density at radius 2 is 1.80 bits per heavy atom. The zero-order valence-electron chi connectivity index (χ0n) is 14.2. The normalized spacial score (nSPS) is 19.5. The molecule has 0 aromatic heterocycles. The van der Waals surface area contributed by atoms with E-state index in [4.69, 9.17) is 4.74 Å². The third kappa shape index (κ3) is 4.25. The molecule has 0 saturated carbocycles. The predicted molar refractivity (Wildman–Crippen MR) is 96.6 cm³/mol. The van der Waals surface area contributed by atoms with Crippen molar-refractivity contribution in [2.24, 2.45) is 5.92 Å². The minimum Gasteiger partial charge on any atom is -0.497 e. The Hall–Kier alpha value is -1.35. The lowest BCUT2D eigenvalue weighted by molar-refractivity contribution is -0.136. The smallest absolute Gasteiger partial charge is 0.243 e. The SMILES string of the molecule is COc1ccc(S(=O)(=O)N2CCCN(C(=O)C3CNC3)CC2)cc1.Cl. The zero-order valence-corrected chi connectivity index (χ0v) is 15.8. The summed E-state index contributed by atoms with van der Waals surface area (Å²) in [6.07, 6.45) is 0.654. The van der Waals surface area contributed by atoms with Crippen molar-refractivity contribution in [3.8, 4) is 5.75 Å². The average Bonchev–Trinajstić information content (AvgIpc) is 2.80. The lowest BCUT2D eigenvalue weighted by Gasteiger charge is -2.31. The maximum Gasteiger partial charge on any atom is 0.243 e. The molecule has 1 amide bonds. The second-order valence-electron chi connectivity index (χ2n) is 6.11. The number of sulfonamides is 1. The van der Waals surface area contributed by atoms with Crippen LogP contribution in [-0.4, -0.2) is 69.9 Å². The van der Waals surface area contributed by atoms with Crippen molar-refractivity contribution in [1.29, 1.82) is 0 Å². The first-order valence-electron chi connectivity index (χ1n) is 8.16. The van der Waals surface area contributed by atoms with Crippen LogP contribution in [0.2, 0.25) is 0 Å². The fourth-order valence-corrected chi connectivity index (χ4v) is 4.44. The zero-order chi connectivity index (χ0) is 17.2. The maximum atomic E-state index is 12.8. The van der Waals surface area contributed by atoms with Crippen molar-refractivity contribution in [1.82, 2.24) is 14.5 Å². The lowest BCUT2D eigenvalue weighted by atomic mass is 10.0. The van der Waals surface area contributed by atoms with Crippen LogP contribution in [0.25, 0.3) is 0 Å². The van der Waals surface area contributed by atoms with Crippen LogP contribution in [0.1, 0.15) is 6.42 Å². The van der Waals surface area contributed by atoms with E-state index in [9.17, 15) is 13.2 Å². The van der Waals surface area contributed by atoms with E-state index in [1.54, 1.807) is 36.3 Å². The summed E-state index contributed by atoms with van der Waals surface area (Å²) in [5.41, 5.74) is 0. The third-order valence-corrected chi connectivity index (χ3v) is 6.51. The van der Waals surface area contributed by atoms with Crippen LogP contribution in [0.3, 0.4) is 0 Å². The highest BCUT2D eigenvalue weighted by molar-refractivity contribution is 7.89. The number of carbonyl (C=O) groups is 1. The molecule has 9 heteroatoms. The van der Waals surface area contributed by atoms with Crippen LogP contribution in [0.4, 0.5) is 0 Å². The van der Waals surface area contributed by atoms with E-state index in [2.05, 4.69) is 5.32 Å². The van der Waals surface area contributed by atoms with E-state index < -0.39 is 10.0 Å². The van der Waals surface area contributed by atoms with E-state index in [0.29, 0.717) is 38.3 Å². The highest BCUT2D eigenvalue weighted by atomic mass is 35.5. The van der Waals surface area contributed by atoms with Crippen LogP contribution in [0.15, 0.2) is 29.2 Å². The van der Waals surface area contributed by atoms with Crippen LogP contribution in [0, 0.1) is 5.92 Å². The van der Waals surface area contributed by atoms with Crippen molar-refractivity contribution in [2.45, 2.75) is 11.3 Å². The fraction of sp³-hybridized carbons (Fsp3) is 0.562. The molecule has 2 fully saturated rings. The number of rotatable bonds is 4. The van der Waals surface area contributed by atoms with Crippen LogP contribution in [-0.2, 0) is 14.8 Å². The number of hydrogen-bond acceptors (Lipinski definition) is 5. The first-order chi connectivity index (χ1) is 11.5. The second-order valence-corrected chi connectivity index (χ2v) is 8.05. The van der Waals surface area contributed by atoms with Gasteiger partial charge in [0, 0.05) is 39.3 Å². The molecule has 0 aliphatic carbocycles. The number of benzene rings is 1. The van der Waals surface area contributed by atoms with Gasteiger partial charge in [0.15, 0.2) is 0 Å². The summed E-state index contributed by atoms with van der Waals surface area (Å²) in [6, 6.07) is 6.40. The van der Waals surface area contributed by atoms with E-state index >= 15 is 0 Å². The molecule has 2 heterocycles. The molecule has 2 aliphatic heterocycles. The Morgan fingerprint density at radius 3 is 2.36 bits per heavy atom. The molecule has 1 aromatic rings. The molecule has 2 aliphatic rings. The minimum absolute atomic E-state index is 0. The molecular formula is C16H24ClN3O4S. The molecule has 0 radical (unpaired) electrons. The molecule has 1 aromatic carbocycles. The van der Waals surface area contributed by atoms with Gasteiger partial charge >= 0.3 is 0 Å². The van der Waals surface area contributed by atoms with E-state index in [0.717, 1.165) is 13.1 Å². The van der Waals surface area contributed by atoms with Gasteiger partial charge < -0.3 is 15.0 Å². The topological polar surface area (TPSA) is 79.0 Å². The molecule has 2 saturated heterocycles. The summed E-state index contributed by atoms with van der Waals surface area (Å²) < 4.78 is 32.1. The molecule has 0 unspecified atom stereocenters. The number of nitrogens with zero attached hydrogens (tertiary/aromatic N) is 2. The summed E-state index contributed by atoms with van der Waals surface area (Å²) in [4.78, 5) is 14.4. The number of hydrogen-bond donors (Lipinski definition) is 1. The Morgan fingerprint density at radius 1 is 1.12 bits per heavy atom. The second kappa shape index (κ2) is 8.35. The van der Waals surface area contributed by atoms with E-state index in [-0.39, 0.29) is 29.1 Å². The monoisotopic (exact) mass is 389 g/mol. The Bertz CT molecular complexity index is 692. The summed E-state index contributed by atoms with van der Waals surface area (Å²) in [5.74, 6) is 0.808. The minimum atomic E-state index is -3.54. The summed E-state index contributed by atoms with van der Waals surface area (Å²) in [7, 11) is -2.00. The van der Waals surface area contributed by atoms with Gasteiger partial charge in [-0.3, -0.25) is 4.79 Å². The molecule has 7 nitrogen and oxygen atoms in total. The molecule has 140 valence electrons. The van der Waals surface area contributed by atoms with Crippen LogP contribution < -0.4 is 10.1 Å². The van der Waals surface area contributed by atoms with E-state index in [1.807, 2.05) is 0 Å². The van der Waals surface area contributed by atoms with Gasteiger partial charge in [0.25, 0.3) is 0 Å². The summed E-state index contributed by atoms with van der Waals surface area (Å²) in [5, 5.41) is 3.10. The lowest BCUT2D eigenvalue weighted by Crippen LogP contribution is -2.52. The van der Waals surface area contributed by atoms with Crippen LogP contribution >= 0.6 is 12.4 Å². The molecule has 0 spiro atoms. The van der Waals surface area contributed by atoms with Gasteiger partial charge in [-0.05, 0) is 30.7 Å². The largest absolute Gasteiger partial charge is 0.497 e. The standard InChI is InChI=1S/C16H23N3O4S.ClH/c1-23-14-3-5-15(6-4-14)24(21,22)19-8-2-7-18(9-10-19)16(20)13-11-17-12-13;/h3-6,13,17H,2,7-12H2,1H3;1H. The predicted octanol–water partition coefficient (Wildman–Crippen LogP) is 0.559.